The van der Waals surface area contributed by atoms with Gasteiger partial charge in [-0.05, 0) is 49.7 Å². The lowest BCUT2D eigenvalue weighted by Gasteiger charge is -2.16. The smallest absolute Gasteiger partial charge is 0.338 e. The molecule has 0 unspecified atom stereocenters. The number of carbonyl (C=O) groups excluding carboxylic acids is 3. The SMILES string of the molecule is C[C@H](OC(=O)c1ccc(N2CCCC2=O)cc1)C(=O)Nc1ccc(Cl)cn1. The number of benzene rings is 1. The Morgan fingerprint density at radius 1 is 1.22 bits per heavy atom. The molecule has 7 nitrogen and oxygen atoms in total. The van der Waals surface area contributed by atoms with E-state index in [1.165, 1.54) is 13.1 Å². The van der Waals surface area contributed by atoms with E-state index in [0.717, 1.165) is 12.1 Å². The summed E-state index contributed by atoms with van der Waals surface area (Å²) >= 11 is 5.74. The molecule has 2 aromatic rings. The van der Waals surface area contributed by atoms with Crippen molar-refractivity contribution < 1.29 is 19.1 Å². The van der Waals surface area contributed by atoms with Gasteiger partial charge in [0, 0.05) is 24.8 Å². The van der Waals surface area contributed by atoms with Crippen molar-refractivity contribution in [2.75, 3.05) is 16.8 Å². The van der Waals surface area contributed by atoms with Crippen molar-refractivity contribution >= 4 is 40.9 Å². The Kier molecular flexibility index (Phi) is 5.71. The maximum Gasteiger partial charge on any atom is 0.338 e. The molecule has 0 saturated carbocycles. The second kappa shape index (κ2) is 8.18. The van der Waals surface area contributed by atoms with Crippen LogP contribution in [0.3, 0.4) is 0 Å². The van der Waals surface area contributed by atoms with Crippen molar-refractivity contribution in [3.8, 4) is 0 Å². The Labute approximate surface area is 161 Å². The number of ether oxygens (including phenoxy) is 1. The number of carbonyl (C=O) groups is 3. The van der Waals surface area contributed by atoms with Gasteiger partial charge in [0.2, 0.25) is 5.91 Å². The van der Waals surface area contributed by atoms with Crippen LogP contribution in [0.4, 0.5) is 11.5 Å². The van der Waals surface area contributed by atoms with E-state index in [1.807, 2.05) is 0 Å². The predicted molar refractivity (Wildman–Crippen MR) is 101 cm³/mol. The Morgan fingerprint density at radius 2 is 1.96 bits per heavy atom. The predicted octanol–water partition coefficient (Wildman–Crippen LogP) is 3.05. The molecule has 1 saturated heterocycles. The second-order valence-electron chi connectivity index (χ2n) is 6.09. The zero-order valence-electron chi connectivity index (χ0n) is 14.6. The van der Waals surface area contributed by atoms with Gasteiger partial charge in [0.05, 0.1) is 10.6 Å². The molecule has 1 aromatic carbocycles. The maximum absolute atomic E-state index is 12.2. The van der Waals surface area contributed by atoms with Gasteiger partial charge >= 0.3 is 5.97 Å². The molecule has 8 heteroatoms. The minimum absolute atomic E-state index is 0.0754. The minimum Gasteiger partial charge on any atom is -0.449 e. The molecule has 1 atom stereocenters. The molecule has 1 aromatic heterocycles. The third-order valence-electron chi connectivity index (χ3n) is 4.12. The van der Waals surface area contributed by atoms with Crippen molar-refractivity contribution in [2.45, 2.75) is 25.9 Å². The van der Waals surface area contributed by atoms with Gasteiger partial charge in [-0.2, -0.15) is 0 Å². The quantitative estimate of drug-likeness (QED) is 0.796. The molecule has 2 heterocycles. The van der Waals surface area contributed by atoms with Crippen LogP contribution in [0.5, 0.6) is 0 Å². The molecule has 0 radical (unpaired) electrons. The van der Waals surface area contributed by atoms with Gasteiger partial charge in [-0.3, -0.25) is 9.59 Å². The van der Waals surface area contributed by atoms with Crippen LogP contribution in [0.2, 0.25) is 5.02 Å². The fourth-order valence-corrected chi connectivity index (χ4v) is 2.77. The molecule has 0 bridgehead atoms. The summed E-state index contributed by atoms with van der Waals surface area (Å²) in [7, 11) is 0. The van der Waals surface area contributed by atoms with Crippen molar-refractivity contribution in [3.05, 3.63) is 53.2 Å². The number of nitrogens with one attached hydrogen (secondary N) is 1. The summed E-state index contributed by atoms with van der Waals surface area (Å²) in [6.45, 7) is 2.15. The Balaban J connectivity index is 1.58. The average Bonchev–Trinajstić information content (AvgIpc) is 3.09. The number of amides is 2. The first-order chi connectivity index (χ1) is 12.9. The summed E-state index contributed by atoms with van der Waals surface area (Å²) in [6, 6.07) is 9.69. The molecule has 0 spiro atoms. The van der Waals surface area contributed by atoms with Crippen LogP contribution in [-0.4, -0.2) is 35.4 Å². The van der Waals surface area contributed by atoms with Crippen molar-refractivity contribution in [2.24, 2.45) is 0 Å². The number of halogens is 1. The van der Waals surface area contributed by atoms with Crippen LogP contribution in [-0.2, 0) is 14.3 Å². The van der Waals surface area contributed by atoms with Crippen LogP contribution in [0.1, 0.15) is 30.1 Å². The van der Waals surface area contributed by atoms with Crippen LogP contribution in [0, 0.1) is 0 Å². The highest BCUT2D eigenvalue weighted by Crippen LogP contribution is 2.22. The molecule has 0 aliphatic carbocycles. The number of aromatic nitrogens is 1. The number of hydrogen-bond acceptors (Lipinski definition) is 5. The van der Waals surface area contributed by atoms with Crippen LogP contribution in [0.15, 0.2) is 42.6 Å². The number of anilines is 2. The van der Waals surface area contributed by atoms with Crippen LogP contribution in [0.25, 0.3) is 0 Å². The average molecular weight is 388 g/mol. The summed E-state index contributed by atoms with van der Waals surface area (Å²) in [5.41, 5.74) is 1.04. The highest BCUT2D eigenvalue weighted by molar-refractivity contribution is 6.30. The van der Waals surface area contributed by atoms with E-state index in [2.05, 4.69) is 10.3 Å². The molecular weight excluding hydrogens is 370 g/mol. The molecule has 140 valence electrons. The van der Waals surface area contributed by atoms with E-state index in [-0.39, 0.29) is 5.91 Å². The fraction of sp³-hybridized carbons (Fsp3) is 0.263. The number of nitrogens with zero attached hydrogens (tertiary/aromatic N) is 2. The summed E-state index contributed by atoms with van der Waals surface area (Å²) in [4.78, 5) is 41.8. The summed E-state index contributed by atoms with van der Waals surface area (Å²) in [5.74, 6) is -0.739. The highest BCUT2D eigenvalue weighted by Gasteiger charge is 2.23. The summed E-state index contributed by atoms with van der Waals surface area (Å²) < 4.78 is 5.20. The van der Waals surface area contributed by atoms with Gasteiger partial charge in [-0.15, -0.1) is 0 Å². The third-order valence-corrected chi connectivity index (χ3v) is 4.34. The Morgan fingerprint density at radius 3 is 2.56 bits per heavy atom. The second-order valence-corrected chi connectivity index (χ2v) is 6.53. The van der Waals surface area contributed by atoms with E-state index in [1.54, 1.807) is 41.3 Å². The molecule has 27 heavy (non-hydrogen) atoms. The van der Waals surface area contributed by atoms with Gasteiger partial charge < -0.3 is 15.0 Å². The van der Waals surface area contributed by atoms with Crippen LogP contribution >= 0.6 is 11.6 Å². The molecular formula is C19H18ClN3O4. The summed E-state index contributed by atoms with van der Waals surface area (Å²) in [6.07, 6.45) is 1.77. The van der Waals surface area contributed by atoms with Gasteiger partial charge in [-0.1, -0.05) is 11.6 Å². The molecule has 2 amide bonds. The number of pyridine rings is 1. The van der Waals surface area contributed by atoms with Gasteiger partial charge in [0.25, 0.3) is 5.91 Å². The zero-order valence-corrected chi connectivity index (χ0v) is 15.4. The van der Waals surface area contributed by atoms with Crippen molar-refractivity contribution in [1.82, 2.24) is 4.98 Å². The van der Waals surface area contributed by atoms with Gasteiger partial charge in [0.1, 0.15) is 5.82 Å². The lowest BCUT2D eigenvalue weighted by atomic mass is 10.2. The molecule has 1 N–H and O–H groups in total. The van der Waals surface area contributed by atoms with Gasteiger partial charge in [0.15, 0.2) is 6.10 Å². The third kappa shape index (κ3) is 4.62. The highest BCUT2D eigenvalue weighted by atomic mass is 35.5. The normalized spacial score (nSPS) is 14.7. The molecule has 3 rings (SSSR count). The van der Waals surface area contributed by atoms with Crippen molar-refractivity contribution in [3.63, 3.8) is 0 Å². The standard InChI is InChI=1S/C19H18ClN3O4/c1-12(18(25)22-16-9-6-14(20)11-21-16)27-19(26)13-4-7-15(8-5-13)23-10-2-3-17(23)24/h4-9,11-12H,2-3,10H2,1H3,(H,21,22,25)/t12-/m0/s1. The molecule has 1 aliphatic heterocycles. The topological polar surface area (TPSA) is 88.6 Å². The Hall–Kier alpha value is -2.93. The largest absolute Gasteiger partial charge is 0.449 e. The number of rotatable bonds is 5. The van der Waals surface area contributed by atoms with E-state index in [0.29, 0.717) is 29.4 Å². The lowest BCUT2D eigenvalue weighted by Crippen LogP contribution is -2.30. The van der Waals surface area contributed by atoms with E-state index < -0.39 is 18.0 Å². The molecule has 1 aliphatic rings. The monoisotopic (exact) mass is 387 g/mol. The first-order valence-electron chi connectivity index (χ1n) is 8.48. The summed E-state index contributed by atoms with van der Waals surface area (Å²) in [5, 5.41) is 3.00. The van der Waals surface area contributed by atoms with E-state index >= 15 is 0 Å². The first kappa shape index (κ1) is 18.8. The van der Waals surface area contributed by atoms with Crippen molar-refractivity contribution in [1.29, 1.82) is 0 Å². The molecule has 1 fully saturated rings. The Bertz CT molecular complexity index is 852. The number of hydrogen-bond donors (Lipinski definition) is 1. The minimum atomic E-state index is -1.00. The van der Waals surface area contributed by atoms with E-state index in [4.69, 9.17) is 16.3 Å². The van der Waals surface area contributed by atoms with Crippen LogP contribution < -0.4 is 10.2 Å². The maximum atomic E-state index is 12.2. The first-order valence-corrected chi connectivity index (χ1v) is 8.85. The zero-order chi connectivity index (χ0) is 19.4. The van der Waals surface area contributed by atoms with E-state index in [9.17, 15) is 14.4 Å². The van der Waals surface area contributed by atoms with Gasteiger partial charge in [-0.25, -0.2) is 9.78 Å². The lowest BCUT2D eigenvalue weighted by molar-refractivity contribution is -0.123. The fourth-order valence-electron chi connectivity index (χ4n) is 2.66. The number of esters is 1.